The van der Waals surface area contributed by atoms with Crippen molar-refractivity contribution in [3.63, 3.8) is 0 Å². The molecule has 1 amide bonds. The molecule has 0 aliphatic rings. The normalized spacial score (nSPS) is 12.1. The van der Waals surface area contributed by atoms with Crippen LogP contribution in [0.3, 0.4) is 0 Å². The Morgan fingerprint density at radius 2 is 2.10 bits per heavy atom. The van der Waals surface area contributed by atoms with Crippen LogP contribution in [-0.4, -0.2) is 24.8 Å². The Bertz CT molecular complexity index is 474. The lowest BCUT2D eigenvalue weighted by molar-refractivity contribution is -0.127. The third kappa shape index (κ3) is 5.21. The summed E-state index contributed by atoms with van der Waals surface area (Å²) in [6.07, 6.45) is 0.908. The molecular formula is C15H20ClNO3. The molecule has 5 heteroatoms. The van der Waals surface area contributed by atoms with Gasteiger partial charge in [0.2, 0.25) is 0 Å². The number of nitrogens with one attached hydrogen (secondary N) is 1. The number of carbonyl (C=O) groups excluding carboxylic acids is 2. The van der Waals surface area contributed by atoms with E-state index in [1.165, 1.54) is 6.07 Å². The van der Waals surface area contributed by atoms with Crippen LogP contribution >= 0.6 is 11.6 Å². The molecule has 0 aliphatic heterocycles. The summed E-state index contributed by atoms with van der Waals surface area (Å²) in [6, 6.07) is 4.71. The maximum absolute atomic E-state index is 11.8. The highest BCUT2D eigenvalue weighted by Gasteiger charge is 2.16. The first-order valence-electron chi connectivity index (χ1n) is 6.63. The average molecular weight is 298 g/mol. The smallest absolute Gasteiger partial charge is 0.260 e. The molecule has 0 aromatic heterocycles. The molecule has 1 N–H and O–H groups in total. The molecule has 0 bridgehead atoms. The largest absolute Gasteiger partial charge is 0.480 e. The summed E-state index contributed by atoms with van der Waals surface area (Å²) in [6.45, 7) is 6.45. The van der Waals surface area contributed by atoms with Gasteiger partial charge in [-0.3, -0.25) is 9.59 Å². The molecule has 0 radical (unpaired) electrons. The SMILES string of the molecule is CC(C)CCNC(=O)C(C)Oc1ccc(Cl)cc1C=O. The molecule has 0 aliphatic carbocycles. The lowest BCUT2D eigenvalue weighted by atomic mass is 10.1. The van der Waals surface area contributed by atoms with Gasteiger partial charge in [-0.05, 0) is 37.5 Å². The molecule has 20 heavy (non-hydrogen) atoms. The molecule has 1 unspecified atom stereocenters. The van der Waals surface area contributed by atoms with Crippen molar-refractivity contribution in [3.05, 3.63) is 28.8 Å². The van der Waals surface area contributed by atoms with Crippen molar-refractivity contribution in [2.75, 3.05) is 6.54 Å². The van der Waals surface area contributed by atoms with Crippen molar-refractivity contribution < 1.29 is 14.3 Å². The Hall–Kier alpha value is -1.55. The number of hydrogen-bond donors (Lipinski definition) is 1. The van der Waals surface area contributed by atoms with Crippen LogP contribution in [0, 0.1) is 5.92 Å². The molecule has 0 fully saturated rings. The second kappa shape index (κ2) is 7.90. The fraction of sp³-hybridized carbons (Fsp3) is 0.467. The number of amides is 1. The zero-order chi connectivity index (χ0) is 15.1. The lowest BCUT2D eigenvalue weighted by Crippen LogP contribution is -2.37. The van der Waals surface area contributed by atoms with Crippen LogP contribution in [-0.2, 0) is 4.79 Å². The molecular weight excluding hydrogens is 278 g/mol. The van der Waals surface area contributed by atoms with Crippen molar-refractivity contribution in [1.82, 2.24) is 5.32 Å². The Labute approximate surface area is 124 Å². The first kappa shape index (κ1) is 16.5. The average Bonchev–Trinajstić information content (AvgIpc) is 2.40. The zero-order valence-electron chi connectivity index (χ0n) is 12.0. The van der Waals surface area contributed by atoms with E-state index in [-0.39, 0.29) is 5.91 Å². The summed E-state index contributed by atoms with van der Waals surface area (Å²) in [7, 11) is 0. The van der Waals surface area contributed by atoms with E-state index in [9.17, 15) is 9.59 Å². The van der Waals surface area contributed by atoms with Crippen molar-refractivity contribution in [2.24, 2.45) is 5.92 Å². The number of ether oxygens (including phenoxy) is 1. The number of hydrogen-bond acceptors (Lipinski definition) is 3. The van der Waals surface area contributed by atoms with E-state index in [1.807, 2.05) is 0 Å². The maximum Gasteiger partial charge on any atom is 0.260 e. The van der Waals surface area contributed by atoms with Crippen molar-refractivity contribution >= 4 is 23.8 Å². The van der Waals surface area contributed by atoms with Gasteiger partial charge in [-0.25, -0.2) is 0 Å². The fourth-order valence-electron chi connectivity index (χ4n) is 1.59. The maximum atomic E-state index is 11.8. The summed E-state index contributed by atoms with van der Waals surface area (Å²) < 4.78 is 5.51. The minimum absolute atomic E-state index is 0.197. The van der Waals surface area contributed by atoms with Crippen LogP contribution in [0.4, 0.5) is 0 Å². The van der Waals surface area contributed by atoms with E-state index >= 15 is 0 Å². The highest BCUT2D eigenvalue weighted by molar-refractivity contribution is 6.30. The molecule has 0 saturated heterocycles. The molecule has 1 aromatic rings. The van der Waals surface area contributed by atoms with Crippen molar-refractivity contribution in [3.8, 4) is 5.75 Å². The molecule has 4 nitrogen and oxygen atoms in total. The minimum atomic E-state index is -0.665. The number of rotatable bonds is 7. The highest BCUT2D eigenvalue weighted by Crippen LogP contribution is 2.22. The van der Waals surface area contributed by atoms with Crippen LogP contribution in [0.1, 0.15) is 37.6 Å². The molecule has 110 valence electrons. The topological polar surface area (TPSA) is 55.4 Å². The summed E-state index contributed by atoms with van der Waals surface area (Å²) in [5.41, 5.74) is 0.333. The molecule has 0 spiro atoms. The predicted octanol–water partition coefficient (Wildman–Crippen LogP) is 3.08. The van der Waals surface area contributed by atoms with Crippen LogP contribution in [0.5, 0.6) is 5.75 Å². The highest BCUT2D eigenvalue weighted by atomic mass is 35.5. The van der Waals surface area contributed by atoms with E-state index in [0.717, 1.165) is 6.42 Å². The number of aldehydes is 1. The van der Waals surface area contributed by atoms with Gasteiger partial charge in [-0.2, -0.15) is 0 Å². The van der Waals surface area contributed by atoms with Gasteiger partial charge in [0.1, 0.15) is 5.75 Å². The van der Waals surface area contributed by atoms with E-state index in [2.05, 4.69) is 19.2 Å². The van der Waals surface area contributed by atoms with E-state index in [1.54, 1.807) is 19.1 Å². The Morgan fingerprint density at radius 3 is 2.70 bits per heavy atom. The van der Waals surface area contributed by atoms with Crippen molar-refractivity contribution in [2.45, 2.75) is 33.3 Å². The zero-order valence-corrected chi connectivity index (χ0v) is 12.7. The number of halogens is 1. The lowest BCUT2D eigenvalue weighted by Gasteiger charge is -2.16. The standard InChI is InChI=1S/C15H20ClNO3/c1-10(2)6-7-17-15(19)11(3)20-14-5-4-13(16)8-12(14)9-18/h4-5,8-11H,6-7H2,1-3H3,(H,17,19). The molecule has 1 atom stereocenters. The third-order valence-electron chi connectivity index (χ3n) is 2.79. The molecule has 1 aromatic carbocycles. The number of benzene rings is 1. The van der Waals surface area contributed by atoms with Gasteiger partial charge < -0.3 is 10.1 Å². The Balaban J connectivity index is 2.59. The van der Waals surface area contributed by atoms with Gasteiger partial charge in [0.15, 0.2) is 12.4 Å². The first-order valence-corrected chi connectivity index (χ1v) is 7.01. The van der Waals surface area contributed by atoms with Gasteiger partial charge >= 0.3 is 0 Å². The summed E-state index contributed by atoms with van der Waals surface area (Å²) >= 11 is 5.80. The molecule has 0 heterocycles. The molecule has 1 rings (SSSR count). The summed E-state index contributed by atoms with van der Waals surface area (Å²) in [5.74, 6) is 0.692. The van der Waals surface area contributed by atoms with Gasteiger partial charge in [0.05, 0.1) is 5.56 Å². The summed E-state index contributed by atoms with van der Waals surface area (Å²) in [4.78, 5) is 22.8. The van der Waals surface area contributed by atoms with E-state index < -0.39 is 6.10 Å². The van der Waals surface area contributed by atoms with Crippen LogP contribution < -0.4 is 10.1 Å². The minimum Gasteiger partial charge on any atom is -0.480 e. The number of carbonyl (C=O) groups is 2. The van der Waals surface area contributed by atoms with E-state index in [4.69, 9.17) is 16.3 Å². The van der Waals surface area contributed by atoms with Gasteiger partial charge in [0, 0.05) is 11.6 Å². The first-order chi connectivity index (χ1) is 9.43. The van der Waals surface area contributed by atoms with Gasteiger partial charge in [-0.1, -0.05) is 25.4 Å². The van der Waals surface area contributed by atoms with Crippen LogP contribution in [0.25, 0.3) is 0 Å². The Morgan fingerprint density at radius 1 is 1.40 bits per heavy atom. The van der Waals surface area contributed by atoms with Gasteiger partial charge in [-0.15, -0.1) is 0 Å². The second-order valence-corrected chi connectivity index (χ2v) is 5.47. The third-order valence-corrected chi connectivity index (χ3v) is 3.03. The van der Waals surface area contributed by atoms with Crippen LogP contribution in [0.2, 0.25) is 5.02 Å². The van der Waals surface area contributed by atoms with Crippen LogP contribution in [0.15, 0.2) is 18.2 Å². The van der Waals surface area contributed by atoms with Gasteiger partial charge in [0.25, 0.3) is 5.91 Å². The predicted molar refractivity (Wildman–Crippen MR) is 79.4 cm³/mol. The second-order valence-electron chi connectivity index (χ2n) is 5.03. The van der Waals surface area contributed by atoms with E-state index in [0.29, 0.717) is 35.1 Å². The summed E-state index contributed by atoms with van der Waals surface area (Å²) in [5, 5.41) is 3.26. The Kier molecular flexibility index (Phi) is 6.52. The van der Waals surface area contributed by atoms with Crippen molar-refractivity contribution in [1.29, 1.82) is 0 Å². The monoisotopic (exact) mass is 297 g/mol. The fourth-order valence-corrected chi connectivity index (χ4v) is 1.77. The quantitative estimate of drug-likeness (QED) is 0.787. The molecule has 0 saturated carbocycles.